The fraction of sp³-hybridized carbons (Fsp3) is 0.917. The molecule has 15 heavy (non-hydrogen) atoms. The lowest BCUT2D eigenvalue weighted by atomic mass is 9.83. The minimum Gasteiger partial charge on any atom is -0.354 e. The van der Waals surface area contributed by atoms with E-state index in [0.29, 0.717) is 12.5 Å². The van der Waals surface area contributed by atoms with Gasteiger partial charge in [0.2, 0.25) is 5.91 Å². The number of hydrogen-bond donors (Lipinski definition) is 2. The fourth-order valence-corrected chi connectivity index (χ4v) is 1.95. The highest BCUT2D eigenvalue weighted by atomic mass is 16.2. The van der Waals surface area contributed by atoms with Crippen LogP contribution in [0.4, 0.5) is 0 Å². The first-order chi connectivity index (χ1) is 6.75. The van der Waals surface area contributed by atoms with Gasteiger partial charge < -0.3 is 11.1 Å². The van der Waals surface area contributed by atoms with Gasteiger partial charge in [0.25, 0.3) is 0 Å². The molecule has 3 N–H and O–H groups in total. The monoisotopic (exact) mass is 212 g/mol. The molecule has 0 aromatic rings. The second-order valence-corrected chi connectivity index (χ2v) is 6.03. The van der Waals surface area contributed by atoms with Crippen LogP contribution in [0.15, 0.2) is 0 Å². The molecule has 0 unspecified atom stereocenters. The summed E-state index contributed by atoms with van der Waals surface area (Å²) >= 11 is 0. The summed E-state index contributed by atoms with van der Waals surface area (Å²) in [5, 5.41) is 2.97. The van der Waals surface area contributed by atoms with Gasteiger partial charge in [0.1, 0.15) is 0 Å². The molecule has 0 aromatic heterocycles. The molecule has 1 aliphatic carbocycles. The van der Waals surface area contributed by atoms with Crippen LogP contribution in [0.25, 0.3) is 0 Å². The topological polar surface area (TPSA) is 55.1 Å². The van der Waals surface area contributed by atoms with Gasteiger partial charge in [0.05, 0.1) is 0 Å². The first kappa shape index (κ1) is 12.5. The zero-order chi connectivity index (χ0) is 11.7. The van der Waals surface area contributed by atoms with E-state index < -0.39 is 0 Å². The average molecular weight is 212 g/mol. The smallest absolute Gasteiger partial charge is 0.225 e. The summed E-state index contributed by atoms with van der Waals surface area (Å²) in [6.07, 6.45) is 2.99. The van der Waals surface area contributed by atoms with Crippen molar-refractivity contribution in [3.8, 4) is 0 Å². The summed E-state index contributed by atoms with van der Waals surface area (Å²) in [5.74, 6) is 0.673. The normalized spacial score (nSPS) is 19.1. The van der Waals surface area contributed by atoms with Crippen LogP contribution in [0.5, 0.6) is 0 Å². The van der Waals surface area contributed by atoms with Crippen LogP contribution in [0.2, 0.25) is 0 Å². The van der Waals surface area contributed by atoms with Crippen LogP contribution in [0.3, 0.4) is 0 Å². The summed E-state index contributed by atoms with van der Waals surface area (Å²) in [6, 6.07) is 0. The quantitative estimate of drug-likeness (QED) is 0.728. The standard InChI is InChI=1S/C12H24N2O/c1-9(2)7-11(3,4)10(15)14-8-12(13)5-6-12/h9H,5-8,13H2,1-4H3,(H,14,15). The molecule has 0 atom stereocenters. The Morgan fingerprint density at radius 3 is 2.40 bits per heavy atom. The molecule has 3 heteroatoms. The van der Waals surface area contributed by atoms with Crippen LogP contribution < -0.4 is 11.1 Å². The molecule has 0 bridgehead atoms. The lowest BCUT2D eigenvalue weighted by Gasteiger charge is -2.26. The van der Waals surface area contributed by atoms with E-state index in [9.17, 15) is 4.79 Å². The van der Waals surface area contributed by atoms with Gasteiger partial charge in [-0.3, -0.25) is 4.79 Å². The Balaban J connectivity index is 2.37. The van der Waals surface area contributed by atoms with Crippen LogP contribution in [0.1, 0.15) is 47.0 Å². The molecule has 1 rings (SSSR count). The molecule has 88 valence electrons. The predicted molar refractivity (Wildman–Crippen MR) is 62.4 cm³/mol. The van der Waals surface area contributed by atoms with Crippen molar-refractivity contribution in [3.05, 3.63) is 0 Å². The van der Waals surface area contributed by atoms with Gasteiger partial charge in [-0.05, 0) is 25.2 Å². The second-order valence-electron chi connectivity index (χ2n) is 6.03. The molecule has 0 saturated heterocycles. The van der Waals surface area contributed by atoms with E-state index >= 15 is 0 Å². The van der Waals surface area contributed by atoms with E-state index in [2.05, 4.69) is 19.2 Å². The third-order valence-electron chi connectivity index (χ3n) is 3.03. The highest BCUT2D eigenvalue weighted by Crippen LogP contribution is 2.32. The van der Waals surface area contributed by atoms with Crippen molar-refractivity contribution in [2.45, 2.75) is 52.5 Å². The van der Waals surface area contributed by atoms with Crippen molar-refractivity contribution in [1.29, 1.82) is 0 Å². The molecule has 1 amide bonds. The van der Waals surface area contributed by atoms with Crippen molar-refractivity contribution in [2.75, 3.05) is 6.54 Å². The largest absolute Gasteiger partial charge is 0.354 e. The maximum Gasteiger partial charge on any atom is 0.225 e. The van der Waals surface area contributed by atoms with Gasteiger partial charge >= 0.3 is 0 Å². The van der Waals surface area contributed by atoms with Crippen molar-refractivity contribution in [3.63, 3.8) is 0 Å². The van der Waals surface area contributed by atoms with Gasteiger partial charge in [-0.2, -0.15) is 0 Å². The van der Waals surface area contributed by atoms with Gasteiger partial charge in [0, 0.05) is 17.5 Å². The molecule has 1 saturated carbocycles. The number of carbonyl (C=O) groups is 1. The number of carbonyl (C=O) groups excluding carboxylic acids is 1. The molecule has 0 aromatic carbocycles. The van der Waals surface area contributed by atoms with Gasteiger partial charge in [-0.1, -0.05) is 27.7 Å². The van der Waals surface area contributed by atoms with Crippen molar-refractivity contribution < 1.29 is 4.79 Å². The van der Waals surface area contributed by atoms with Crippen LogP contribution >= 0.6 is 0 Å². The maximum absolute atomic E-state index is 11.9. The summed E-state index contributed by atoms with van der Waals surface area (Å²) in [7, 11) is 0. The Kier molecular flexibility index (Phi) is 3.44. The Labute approximate surface area is 92.8 Å². The maximum atomic E-state index is 11.9. The number of nitrogens with two attached hydrogens (primary N) is 1. The lowest BCUT2D eigenvalue weighted by molar-refractivity contribution is -0.130. The van der Waals surface area contributed by atoms with E-state index in [0.717, 1.165) is 19.3 Å². The zero-order valence-electron chi connectivity index (χ0n) is 10.4. The second kappa shape index (κ2) is 4.12. The van der Waals surface area contributed by atoms with Gasteiger partial charge in [0.15, 0.2) is 0 Å². The first-order valence-electron chi connectivity index (χ1n) is 5.82. The first-order valence-corrected chi connectivity index (χ1v) is 5.82. The van der Waals surface area contributed by atoms with Crippen molar-refractivity contribution in [2.24, 2.45) is 17.1 Å². The van der Waals surface area contributed by atoms with Crippen molar-refractivity contribution >= 4 is 5.91 Å². The lowest BCUT2D eigenvalue weighted by Crippen LogP contribution is -2.44. The minimum atomic E-state index is -0.278. The Bertz CT molecular complexity index is 242. The summed E-state index contributed by atoms with van der Waals surface area (Å²) in [4.78, 5) is 11.9. The molecule has 0 radical (unpaired) electrons. The molecule has 1 aliphatic rings. The Morgan fingerprint density at radius 1 is 1.47 bits per heavy atom. The number of hydrogen-bond acceptors (Lipinski definition) is 2. The molecule has 0 spiro atoms. The van der Waals surface area contributed by atoms with E-state index in [1.807, 2.05) is 13.8 Å². The minimum absolute atomic E-state index is 0.0937. The Morgan fingerprint density at radius 2 is 2.00 bits per heavy atom. The fourth-order valence-electron chi connectivity index (χ4n) is 1.95. The highest BCUT2D eigenvalue weighted by molar-refractivity contribution is 5.81. The van der Waals surface area contributed by atoms with Crippen LogP contribution in [-0.4, -0.2) is 18.0 Å². The molecule has 0 heterocycles. The molecule has 1 fully saturated rings. The van der Waals surface area contributed by atoms with E-state index in [1.54, 1.807) is 0 Å². The predicted octanol–water partition coefficient (Wildman–Crippen LogP) is 1.67. The summed E-state index contributed by atoms with van der Waals surface area (Å²) in [5.41, 5.74) is 5.55. The number of amides is 1. The van der Waals surface area contributed by atoms with Gasteiger partial charge in [-0.25, -0.2) is 0 Å². The van der Waals surface area contributed by atoms with E-state index in [-0.39, 0.29) is 16.9 Å². The van der Waals surface area contributed by atoms with Gasteiger partial charge in [-0.15, -0.1) is 0 Å². The molecule has 3 nitrogen and oxygen atoms in total. The number of rotatable bonds is 5. The highest BCUT2D eigenvalue weighted by Gasteiger charge is 2.39. The number of nitrogens with one attached hydrogen (secondary N) is 1. The summed E-state index contributed by atoms with van der Waals surface area (Å²) < 4.78 is 0. The average Bonchev–Trinajstić information content (AvgIpc) is 2.78. The molecular formula is C12H24N2O. The third-order valence-corrected chi connectivity index (χ3v) is 3.03. The Hall–Kier alpha value is -0.570. The van der Waals surface area contributed by atoms with Crippen molar-refractivity contribution in [1.82, 2.24) is 5.32 Å². The van der Waals surface area contributed by atoms with Crippen LogP contribution in [-0.2, 0) is 4.79 Å². The van der Waals surface area contributed by atoms with Crippen LogP contribution in [0, 0.1) is 11.3 Å². The van der Waals surface area contributed by atoms with E-state index in [4.69, 9.17) is 5.73 Å². The molecular weight excluding hydrogens is 188 g/mol. The van der Waals surface area contributed by atoms with E-state index in [1.165, 1.54) is 0 Å². The SMILES string of the molecule is CC(C)CC(C)(C)C(=O)NCC1(N)CC1. The summed E-state index contributed by atoms with van der Waals surface area (Å²) in [6.45, 7) is 8.91. The molecule has 0 aliphatic heterocycles. The third kappa shape index (κ3) is 3.82. The zero-order valence-corrected chi connectivity index (χ0v) is 10.4.